The molecule has 2 N–H and O–H groups in total. The van der Waals surface area contributed by atoms with E-state index in [0.29, 0.717) is 5.88 Å². The van der Waals surface area contributed by atoms with Gasteiger partial charge in [0, 0.05) is 17.8 Å². The van der Waals surface area contributed by atoms with E-state index in [4.69, 9.17) is 10.5 Å². The van der Waals surface area contributed by atoms with E-state index in [1.165, 1.54) is 0 Å². The minimum absolute atomic E-state index is 0.0610. The number of methoxy groups -OCH3 is 1. The van der Waals surface area contributed by atoms with E-state index in [1.807, 2.05) is 13.0 Å². The van der Waals surface area contributed by atoms with Gasteiger partial charge in [0.05, 0.1) is 13.2 Å². The van der Waals surface area contributed by atoms with E-state index in [1.54, 1.807) is 19.4 Å². The summed E-state index contributed by atoms with van der Waals surface area (Å²) in [6.45, 7) is 2.01. The standard InChI is InChI=1S/C11H14N2O/c1-3-10(12)5-4-9-6-7-13-11(8-9)14-2/h6-8,10H,3,12H2,1-2H3. The quantitative estimate of drug-likeness (QED) is 0.712. The van der Waals surface area contributed by atoms with Crippen molar-refractivity contribution in [2.75, 3.05) is 7.11 Å². The van der Waals surface area contributed by atoms with Gasteiger partial charge < -0.3 is 10.5 Å². The molecule has 1 atom stereocenters. The van der Waals surface area contributed by atoms with E-state index in [9.17, 15) is 0 Å². The molecule has 0 aliphatic heterocycles. The second-order valence-electron chi connectivity index (χ2n) is 2.87. The van der Waals surface area contributed by atoms with Crippen LogP contribution in [0.2, 0.25) is 0 Å². The third-order valence-corrected chi connectivity index (χ3v) is 1.79. The van der Waals surface area contributed by atoms with E-state index in [0.717, 1.165) is 12.0 Å². The Labute approximate surface area is 84.3 Å². The Kier molecular flexibility index (Phi) is 3.96. The molecule has 0 radical (unpaired) electrons. The topological polar surface area (TPSA) is 48.1 Å². The van der Waals surface area contributed by atoms with Gasteiger partial charge in [-0.1, -0.05) is 18.8 Å². The first-order chi connectivity index (χ1) is 6.76. The molecule has 0 aromatic carbocycles. The molecule has 0 fully saturated rings. The molecule has 1 unspecified atom stereocenters. The molecule has 0 amide bonds. The van der Waals surface area contributed by atoms with Gasteiger partial charge in [0.15, 0.2) is 0 Å². The first-order valence-corrected chi connectivity index (χ1v) is 4.53. The van der Waals surface area contributed by atoms with Gasteiger partial charge in [0.25, 0.3) is 0 Å². The normalized spacial score (nSPS) is 11.4. The van der Waals surface area contributed by atoms with Crippen molar-refractivity contribution in [3.8, 4) is 17.7 Å². The van der Waals surface area contributed by atoms with Gasteiger partial charge in [-0.25, -0.2) is 4.98 Å². The summed E-state index contributed by atoms with van der Waals surface area (Å²) in [5, 5.41) is 0. The van der Waals surface area contributed by atoms with Crippen molar-refractivity contribution >= 4 is 0 Å². The highest BCUT2D eigenvalue weighted by Gasteiger charge is 1.94. The van der Waals surface area contributed by atoms with Crippen LogP contribution in [0.5, 0.6) is 5.88 Å². The zero-order valence-corrected chi connectivity index (χ0v) is 8.45. The molecule has 0 saturated carbocycles. The fourth-order valence-electron chi connectivity index (χ4n) is 0.877. The molecule has 3 heteroatoms. The lowest BCUT2D eigenvalue weighted by Gasteiger charge is -1.98. The Morgan fingerprint density at radius 3 is 3.07 bits per heavy atom. The lowest BCUT2D eigenvalue weighted by Crippen LogP contribution is -2.15. The summed E-state index contributed by atoms with van der Waals surface area (Å²) in [6, 6.07) is 3.56. The Hall–Kier alpha value is -1.53. The maximum Gasteiger partial charge on any atom is 0.214 e. The Morgan fingerprint density at radius 2 is 2.43 bits per heavy atom. The lowest BCUT2D eigenvalue weighted by atomic mass is 10.2. The number of hydrogen-bond donors (Lipinski definition) is 1. The average molecular weight is 190 g/mol. The smallest absolute Gasteiger partial charge is 0.214 e. The first kappa shape index (κ1) is 10.6. The predicted octanol–water partition coefficient (Wildman–Crippen LogP) is 1.18. The van der Waals surface area contributed by atoms with Crippen molar-refractivity contribution in [3.63, 3.8) is 0 Å². The van der Waals surface area contributed by atoms with E-state index < -0.39 is 0 Å². The van der Waals surface area contributed by atoms with Gasteiger partial charge in [-0.2, -0.15) is 0 Å². The minimum Gasteiger partial charge on any atom is -0.481 e. The molecule has 0 bridgehead atoms. The fourth-order valence-corrected chi connectivity index (χ4v) is 0.877. The molecule has 1 rings (SSSR count). The van der Waals surface area contributed by atoms with Crippen molar-refractivity contribution in [2.24, 2.45) is 5.73 Å². The average Bonchev–Trinajstić information content (AvgIpc) is 2.26. The summed E-state index contributed by atoms with van der Waals surface area (Å²) >= 11 is 0. The van der Waals surface area contributed by atoms with E-state index >= 15 is 0 Å². The van der Waals surface area contributed by atoms with Crippen molar-refractivity contribution in [3.05, 3.63) is 23.9 Å². The fraction of sp³-hybridized carbons (Fsp3) is 0.364. The second kappa shape index (κ2) is 5.25. The summed E-state index contributed by atoms with van der Waals surface area (Å²) in [4.78, 5) is 3.98. The molecule has 0 aliphatic carbocycles. The van der Waals surface area contributed by atoms with Crippen LogP contribution in [-0.2, 0) is 0 Å². The third kappa shape index (κ3) is 3.08. The summed E-state index contributed by atoms with van der Waals surface area (Å²) in [6.07, 6.45) is 2.52. The highest BCUT2D eigenvalue weighted by molar-refractivity contribution is 5.36. The molecule has 0 saturated heterocycles. The minimum atomic E-state index is -0.0610. The van der Waals surface area contributed by atoms with Gasteiger partial charge in [-0.3, -0.25) is 0 Å². The van der Waals surface area contributed by atoms with Crippen molar-refractivity contribution < 1.29 is 4.74 Å². The van der Waals surface area contributed by atoms with Crippen LogP contribution in [0.1, 0.15) is 18.9 Å². The van der Waals surface area contributed by atoms with E-state index in [2.05, 4.69) is 16.8 Å². The zero-order valence-electron chi connectivity index (χ0n) is 8.45. The van der Waals surface area contributed by atoms with Crippen LogP contribution < -0.4 is 10.5 Å². The number of nitrogens with two attached hydrogens (primary N) is 1. The highest BCUT2D eigenvalue weighted by Crippen LogP contribution is 2.06. The number of nitrogens with zero attached hydrogens (tertiary/aromatic N) is 1. The number of ether oxygens (including phenoxy) is 1. The molecule has 74 valence electrons. The van der Waals surface area contributed by atoms with Crippen LogP contribution in [0.3, 0.4) is 0 Å². The zero-order chi connectivity index (χ0) is 10.4. The Bertz CT molecular complexity index is 352. The van der Waals surface area contributed by atoms with Crippen LogP contribution in [0.4, 0.5) is 0 Å². The van der Waals surface area contributed by atoms with E-state index in [-0.39, 0.29) is 6.04 Å². The lowest BCUT2D eigenvalue weighted by molar-refractivity contribution is 0.398. The first-order valence-electron chi connectivity index (χ1n) is 4.53. The molecule has 0 spiro atoms. The highest BCUT2D eigenvalue weighted by atomic mass is 16.5. The number of hydrogen-bond acceptors (Lipinski definition) is 3. The van der Waals surface area contributed by atoms with Crippen molar-refractivity contribution in [1.82, 2.24) is 4.98 Å². The molecule has 0 aliphatic rings. The monoisotopic (exact) mass is 190 g/mol. The molecular formula is C11H14N2O. The van der Waals surface area contributed by atoms with Crippen LogP contribution in [0.25, 0.3) is 0 Å². The Morgan fingerprint density at radius 1 is 1.64 bits per heavy atom. The molecule has 14 heavy (non-hydrogen) atoms. The summed E-state index contributed by atoms with van der Waals surface area (Å²) in [7, 11) is 1.58. The number of pyridine rings is 1. The van der Waals surface area contributed by atoms with Crippen LogP contribution >= 0.6 is 0 Å². The predicted molar refractivity (Wildman–Crippen MR) is 55.9 cm³/mol. The molecular weight excluding hydrogens is 176 g/mol. The van der Waals surface area contributed by atoms with Crippen molar-refractivity contribution in [1.29, 1.82) is 0 Å². The SMILES string of the molecule is CCC(N)C#Cc1ccnc(OC)c1. The molecule has 3 nitrogen and oxygen atoms in total. The maximum atomic E-state index is 5.67. The van der Waals surface area contributed by atoms with Crippen LogP contribution in [-0.4, -0.2) is 18.1 Å². The van der Waals surface area contributed by atoms with Crippen LogP contribution in [0.15, 0.2) is 18.3 Å². The number of rotatable bonds is 2. The molecule has 1 heterocycles. The van der Waals surface area contributed by atoms with Gasteiger partial charge >= 0.3 is 0 Å². The largest absolute Gasteiger partial charge is 0.481 e. The van der Waals surface area contributed by atoms with Gasteiger partial charge in [-0.05, 0) is 12.5 Å². The van der Waals surface area contributed by atoms with Crippen LogP contribution in [0, 0.1) is 11.8 Å². The summed E-state index contributed by atoms with van der Waals surface area (Å²) in [5.41, 5.74) is 6.55. The molecule has 1 aromatic rings. The van der Waals surface area contributed by atoms with Gasteiger partial charge in [0.2, 0.25) is 5.88 Å². The number of aromatic nitrogens is 1. The Balaban J connectivity index is 2.79. The summed E-state index contributed by atoms with van der Waals surface area (Å²) < 4.78 is 4.98. The van der Waals surface area contributed by atoms with Gasteiger partial charge in [0.1, 0.15) is 0 Å². The summed E-state index contributed by atoms with van der Waals surface area (Å²) in [5.74, 6) is 6.49. The van der Waals surface area contributed by atoms with Crippen molar-refractivity contribution in [2.45, 2.75) is 19.4 Å². The maximum absolute atomic E-state index is 5.67. The third-order valence-electron chi connectivity index (χ3n) is 1.79. The second-order valence-corrected chi connectivity index (χ2v) is 2.87. The molecule has 1 aromatic heterocycles. The van der Waals surface area contributed by atoms with Gasteiger partial charge in [-0.15, -0.1) is 0 Å².